The molecule has 0 unspecified atom stereocenters. The molecule has 0 bridgehead atoms. The van der Waals surface area contributed by atoms with E-state index in [1.54, 1.807) is 6.08 Å². The summed E-state index contributed by atoms with van der Waals surface area (Å²) in [5.41, 5.74) is 0. The van der Waals surface area contributed by atoms with Crippen LogP contribution in [0.5, 0.6) is 0 Å². The molecule has 1 rings (SSSR count). The van der Waals surface area contributed by atoms with Crippen molar-refractivity contribution in [2.75, 3.05) is 19.7 Å². The third-order valence-corrected chi connectivity index (χ3v) is 1.46. The summed E-state index contributed by atoms with van der Waals surface area (Å²) in [6.07, 6.45) is 3.37. The van der Waals surface area contributed by atoms with E-state index in [9.17, 15) is 0 Å². The van der Waals surface area contributed by atoms with Gasteiger partial charge in [0.25, 0.3) is 0 Å². The zero-order valence-electron chi connectivity index (χ0n) is 5.60. The van der Waals surface area contributed by atoms with Crippen LogP contribution < -0.4 is 5.32 Å². The van der Waals surface area contributed by atoms with Gasteiger partial charge in [0, 0.05) is 6.54 Å². The molecule has 0 aliphatic carbocycles. The summed E-state index contributed by atoms with van der Waals surface area (Å²) in [4.78, 5) is 0. The fourth-order valence-corrected chi connectivity index (χ4v) is 0.975. The van der Waals surface area contributed by atoms with Gasteiger partial charge in [0.1, 0.15) is 0 Å². The minimum atomic E-state index is 0.433. The van der Waals surface area contributed by atoms with Crippen LogP contribution in [0.15, 0.2) is 12.7 Å². The molecule has 52 valence electrons. The van der Waals surface area contributed by atoms with Crippen molar-refractivity contribution in [2.45, 2.75) is 12.5 Å². The van der Waals surface area contributed by atoms with Gasteiger partial charge in [-0.1, -0.05) is 6.08 Å². The summed E-state index contributed by atoms with van der Waals surface area (Å²) in [6.45, 7) is 6.37. The van der Waals surface area contributed by atoms with Crippen LogP contribution in [-0.2, 0) is 4.74 Å². The smallest absolute Gasteiger partial charge is 0.0715 e. The second-order valence-electron chi connectivity index (χ2n) is 2.24. The van der Waals surface area contributed by atoms with Crippen LogP contribution in [-0.4, -0.2) is 25.8 Å². The highest BCUT2D eigenvalue weighted by atomic mass is 16.5. The third kappa shape index (κ3) is 2.16. The van der Waals surface area contributed by atoms with E-state index in [0.29, 0.717) is 12.7 Å². The summed E-state index contributed by atoms with van der Waals surface area (Å²) in [5, 5.41) is 3.22. The third-order valence-electron chi connectivity index (χ3n) is 1.46. The fraction of sp³-hybridized carbons (Fsp3) is 0.714. The molecule has 0 aromatic carbocycles. The second-order valence-corrected chi connectivity index (χ2v) is 2.24. The highest BCUT2D eigenvalue weighted by Crippen LogP contribution is 2.01. The molecule has 1 saturated heterocycles. The van der Waals surface area contributed by atoms with Crippen LogP contribution in [0.4, 0.5) is 0 Å². The maximum Gasteiger partial charge on any atom is 0.0715 e. The average Bonchev–Trinajstić information content (AvgIpc) is 2.34. The van der Waals surface area contributed by atoms with Gasteiger partial charge in [0.2, 0.25) is 0 Å². The predicted octanol–water partition coefficient (Wildman–Crippen LogP) is 0.551. The van der Waals surface area contributed by atoms with Crippen molar-refractivity contribution in [1.82, 2.24) is 5.32 Å². The Morgan fingerprint density at radius 1 is 1.78 bits per heavy atom. The predicted molar refractivity (Wildman–Crippen MR) is 37.4 cm³/mol. The van der Waals surface area contributed by atoms with Gasteiger partial charge in [0.15, 0.2) is 0 Å². The molecule has 1 aliphatic heterocycles. The fourth-order valence-electron chi connectivity index (χ4n) is 0.975. The minimum Gasteiger partial charge on any atom is -0.373 e. The summed E-state index contributed by atoms with van der Waals surface area (Å²) >= 11 is 0. The molecular weight excluding hydrogens is 114 g/mol. The molecule has 9 heavy (non-hydrogen) atoms. The van der Waals surface area contributed by atoms with Crippen molar-refractivity contribution in [3.05, 3.63) is 12.7 Å². The Hall–Kier alpha value is -0.340. The Kier molecular flexibility index (Phi) is 2.74. The largest absolute Gasteiger partial charge is 0.373 e. The molecule has 2 nitrogen and oxygen atoms in total. The second kappa shape index (κ2) is 3.64. The molecule has 0 aromatic heterocycles. The van der Waals surface area contributed by atoms with Crippen molar-refractivity contribution in [3.8, 4) is 0 Å². The van der Waals surface area contributed by atoms with E-state index in [2.05, 4.69) is 11.9 Å². The van der Waals surface area contributed by atoms with Gasteiger partial charge in [-0.3, -0.25) is 0 Å². The van der Waals surface area contributed by atoms with Gasteiger partial charge in [-0.15, -0.1) is 6.58 Å². The standard InChI is InChI=1S/C7H13NO/c1-2-5-9-7-3-4-8-6-7/h2,7-8H,1,3-6H2/t7-/m0/s1. The van der Waals surface area contributed by atoms with E-state index < -0.39 is 0 Å². The molecular formula is C7H13NO. The maximum atomic E-state index is 5.37. The van der Waals surface area contributed by atoms with Crippen LogP contribution in [0.25, 0.3) is 0 Å². The van der Waals surface area contributed by atoms with Gasteiger partial charge < -0.3 is 10.1 Å². The molecule has 0 spiro atoms. The van der Waals surface area contributed by atoms with Gasteiger partial charge in [0.05, 0.1) is 12.7 Å². The quantitative estimate of drug-likeness (QED) is 0.559. The molecule has 1 fully saturated rings. The Labute approximate surface area is 55.9 Å². The van der Waals surface area contributed by atoms with Crippen molar-refractivity contribution in [3.63, 3.8) is 0 Å². The monoisotopic (exact) mass is 127 g/mol. The molecule has 1 heterocycles. The van der Waals surface area contributed by atoms with E-state index in [-0.39, 0.29) is 0 Å². The van der Waals surface area contributed by atoms with E-state index in [0.717, 1.165) is 19.5 Å². The lowest BCUT2D eigenvalue weighted by atomic mass is 10.3. The number of hydrogen-bond donors (Lipinski definition) is 1. The first-order valence-electron chi connectivity index (χ1n) is 3.36. The number of hydrogen-bond acceptors (Lipinski definition) is 2. The van der Waals surface area contributed by atoms with Gasteiger partial charge in [-0.25, -0.2) is 0 Å². The lowest BCUT2D eigenvalue weighted by molar-refractivity contribution is 0.0896. The van der Waals surface area contributed by atoms with Crippen LogP contribution in [0.2, 0.25) is 0 Å². The van der Waals surface area contributed by atoms with Crippen LogP contribution in [0.1, 0.15) is 6.42 Å². The van der Waals surface area contributed by atoms with E-state index in [1.165, 1.54) is 0 Å². The summed E-state index contributed by atoms with van der Waals surface area (Å²) < 4.78 is 5.37. The van der Waals surface area contributed by atoms with Gasteiger partial charge in [-0.2, -0.15) is 0 Å². The van der Waals surface area contributed by atoms with Gasteiger partial charge >= 0.3 is 0 Å². The molecule has 0 aromatic rings. The number of rotatable bonds is 3. The SMILES string of the molecule is C=CCO[C@H]1CCNC1. The first-order valence-corrected chi connectivity index (χ1v) is 3.36. The lowest BCUT2D eigenvalue weighted by Gasteiger charge is -2.06. The van der Waals surface area contributed by atoms with Crippen molar-refractivity contribution in [2.24, 2.45) is 0 Å². The normalized spacial score (nSPS) is 26.4. The molecule has 1 atom stereocenters. The van der Waals surface area contributed by atoms with E-state index >= 15 is 0 Å². The Morgan fingerprint density at radius 2 is 2.67 bits per heavy atom. The van der Waals surface area contributed by atoms with Crippen LogP contribution in [0, 0.1) is 0 Å². The van der Waals surface area contributed by atoms with Crippen LogP contribution >= 0.6 is 0 Å². The Morgan fingerprint density at radius 3 is 3.22 bits per heavy atom. The molecule has 1 aliphatic rings. The topological polar surface area (TPSA) is 21.3 Å². The Balaban J connectivity index is 2.04. The van der Waals surface area contributed by atoms with Gasteiger partial charge in [-0.05, 0) is 13.0 Å². The summed E-state index contributed by atoms with van der Waals surface area (Å²) in [7, 11) is 0. The van der Waals surface area contributed by atoms with E-state index in [1.807, 2.05) is 0 Å². The van der Waals surface area contributed by atoms with Crippen molar-refractivity contribution >= 4 is 0 Å². The molecule has 1 N–H and O–H groups in total. The van der Waals surface area contributed by atoms with Crippen molar-refractivity contribution in [1.29, 1.82) is 0 Å². The molecule has 0 radical (unpaired) electrons. The Bertz CT molecular complexity index is 86.9. The number of ether oxygens (including phenoxy) is 1. The van der Waals surface area contributed by atoms with Crippen LogP contribution in [0.3, 0.4) is 0 Å². The molecule has 0 amide bonds. The molecule has 0 saturated carbocycles. The first kappa shape index (κ1) is 6.78. The first-order chi connectivity index (χ1) is 4.43. The zero-order valence-corrected chi connectivity index (χ0v) is 5.60. The maximum absolute atomic E-state index is 5.37. The zero-order chi connectivity index (χ0) is 6.53. The van der Waals surface area contributed by atoms with E-state index in [4.69, 9.17) is 4.74 Å². The summed E-state index contributed by atoms with van der Waals surface area (Å²) in [5.74, 6) is 0. The van der Waals surface area contributed by atoms with Crippen molar-refractivity contribution < 1.29 is 4.74 Å². The number of nitrogens with one attached hydrogen (secondary N) is 1. The highest BCUT2D eigenvalue weighted by Gasteiger charge is 2.12. The minimum absolute atomic E-state index is 0.433. The lowest BCUT2D eigenvalue weighted by Crippen LogP contribution is -2.16. The molecule has 2 heteroatoms. The summed E-state index contributed by atoms with van der Waals surface area (Å²) in [6, 6.07) is 0. The average molecular weight is 127 g/mol. The highest BCUT2D eigenvalue weighted by molar-refractivity contribution is 4.73.